The van der Waals surface area contributed by atoms with Gasteiger partial charge in [-0.15, -0.1) is 6.58 Å². The van der Waals surface area contributed by atoms with Gasteiger partial charge in [0.1, 0.15) is 21.9 Å². The second-order valence-electron chi connectivity index (χ2n) is 14.9. The van der Waals surface area contributed by atoms with Gasteiger partial charge in [-0.2, -0.15) is 0 Å². The Balaban J connectivity index is 1.83. The lowest BCUT2D eigenvalue weighted by Gasteiger charge is -2.40. The first kappa shape index (κ1) is 36.5. The molecule has 0 spiro atoms. The highest BCUT2D eigenvalue weighted by Crippen LogP contribution is 2.65. The maximum absolute atomic E-state index is 14.3. The van der Waals surface area contributed by atoms with Crippen molar-refractivity contribution in [1.29, 1.82) is 0 Å². The van der Waals surface area contributed by atoms with Crippen molar-refractivity contribution in [1.82, 2.24) is 26.2 Å². The highest BCUT2D eigenvalue weighted by atomic mass is 32.2. The van der Waals surface area contributed by atoms with E-state index < -0.39 is 68.5 Å². The lowest BCUT2D eigenvalue weighted by Crippen LogP contribution is -2.63. The summed E-state index contributed by atoms with van der Waals surface area (Å²) < 4.78 is 24.5. The van der Waals surface area contributed by atoms with Crippen LogP contribution in [0.15, 0.2) is 12.7 Å². The second kappa shape index (κ2) is 13.8. The molecular formula is C32H53N5O7S. The summed E-state index contributed by atoms with van der Waals surface area (Å²) in [5.41, 5.74) is -1.87. The van der Waals surface area contributed by atoms with Crippen LogP contribution in [0.4, 0.5) is 4.79 Å². The largest absolute Gasteiger partial charge is 0.346 e. The third-order valence-corrected chi connectivity index (χ3v) is 10.8. The summed E-state index contributed by atoms with van der Waals surface area (Å²) in [5.74, 6) is -2.78. The molecule has 0 aromatic rings. The smallest absolute Gasteiger partial charge is 0.315 e. The Labute approximate surface area is 268 Å². The van der Waals surface area contributed by atoms with Crippen molar-refractivity contribution >= 4 is 39.4 Å². The molecule has 3 unspecified atom stereocenters. The van der Waals surface area contributed by atoms with Gasteiger partial charge in [0.15, 0.2) is 0 Å². The topological polar surface area (TPSA) is 171 Å². The molecule has 5 atom stereocenters. The zero-order valence-electron chi connectivity index (χ0n) is 28.0. The number of piperidine rings is 1. The number of likely N-dealkylation sites (tertiary alicyclic amines) is 1. The summed E-state index contributed by atoms with van der Waals surface area (Å²) in [6, 6.07) is -3.58. The Morgan fingerprint density at radius 2 is 1.67 bits per heavy atom. The SMILES string of the molecule is C=CCNC(=O)C(=O)C(CCC)NC(=O)[C@@H]1C2C(CN1C(=O)[C@@H](NC(=O)NC1(CS(C)(=O)=O)CCCCC1)C(C)(C)C)C2(C)C. The maximum atomic E-state index is 14.3. The number of rotatable bonds is 13. The lowest BCUT2D eigenvalue weighted by molar-refractivity contribution is -0.145. The summed E-state index contributed by atoms with van der Waals surface area (Å²) in [7, 11) is -3.39. The Hall–Kier alpha value is -2.96. The fourth-order valence-corrected chi connectivity index (χ4v) is 8.66. The van der Waals surface area contributed by atoms with E-state index in [-0.39, 0.29) is 36.0 Å². The lowest BCUT2D eigenvalue weighted by atomic mass is 9.83. The van der Waals surface area contributed by atoms with Gasteiger partial charge in [0.2, 0.25) is 17.6 Å². The summed E-state index contributed by atoms with van der Waals surface area (Å²) in [6.45, 7) is 15.3. The van der Waals surface area contributed by atoms with Crippen LogP contribution >= 0.6 is 0 Å². The maximum Gasteiger partial charge on any atom is 0.315 e. The molecule has 3 aliphatic rings. The summed E-state index contributed by atoms with van der Waals surface area (Å²) in [4.78, 5) is 68.4. The van der Waals surface area contributed by atoms with E-state index in [0.717, 1.165) is 25.5 Å². The number of carbonyl (C=O) groups excluding carboxylic acids is 5. The molecule has 2 saturated carbocycles. The van der Waals surface area contributed by atoms with Crippen LogP contribution < -0.4 is 21.3 Å². The molecule has 45 heavy (non-hydrogen) atoms. The van der Waals surface area contributed by atoms with Crippen molar-refractivity contribution in [3.05, 3.63) is 12.7 Å². The molecule has 0 bridgehead atoms. The molecule has 254 valence electrons. The molecule has 0 aromatic heterocycles. The predicted molar refractivity (Wildman–Crippen MR) is 172 cm³/mol. The number of nitrogens with zero attached hydrogens (tertiary/aromatic N) is 1. The van der Waals surface area contributed by atoms with Crippen LogP contribution in [0.3, 0.4) is 0 Å². The zero-order chi connectivity index (χ0) is 34.0. The van der Waals surface area contributed by atoms with E-state index in [1.165, 1.54) is 11.0 Å². The normalized spacial score (nSPS) is 24.8. The van der Waals surface area contributed by atoms with Crippen molar-refractivity contribution in [3.63, 3.8) is 0 Å². The van der Waals surface area contributed by atoms with Crippen molar-refractivity contribution in [2.75, 3.05) is 25.1 Å². The highest BCUT2D eigenvalue weighted by Gasteiger charge is 2.70. The Morgan fingerprint density at radius 1 is 1.04 bits per heavy atom. The number of nitrogens with one attached hydrogen (secondary N) is 4. The quantitative estimate of drug-likeness (QED) is 0.175. The second-order valence-corrected chi connectivity index (χ2v) is 17.1. The van der Waals surface area contributed by atoms with Gasteiger partial charge in [0.05, 0.1) is 17.3 Å². The first-order valence-corrected chi connectivity index (χ1v) is 18.1. The number of fused-ring (bicyclic) bond motifs is 1. The summed E-state index contributed by atoms with van der Waals surface area (Å²) in [6.07, 6.45) is 7.00. The summed E-state index contributed by atoms with van der Waals surface area (Å²) >= 11 is 0. The van der Waals surface area contributed by atoms with Gasteiger partial charge in [0.25, 0.3) is 5.91 Å². The van der Waals surface area contributed by atoms with Crippen LogP contribution in [0.2, 0.25) is 0 Å². The van der Waals surface area contributed by atoms with Gasteiger partial charge in [-0.05, 0) is 41.9 Å². The van der Waals surface area contributed by atoms with Crippen molar-refractivity contribution in [2.24, 2.45) is 22.7 Å². The van der Waals surface area contributed by atoms with Crippen molar-refractivity contribution in [3.8, 4) is 0 Å². The van der Waals surface area contributed by atoms with E-state index >= 15 is 0 Å². The number of hydrogen-bond donors (Lipinski definition) is 4. The van der Waals surface area contributed by atoms with E-state index in [1.54, 1.807) is 0 Å². The molecule has 0 radical (unpaired) electrons. The highest BCUT2D eigenvalue weighted by molar-refractivity contribution is 7.90. The van der Waals surface area contributed by atoms with E-state index in [1.807, 2.05) is 41.5 Å². The first-order chi connectivity index (χ1) is 20.8. The Kier molecular flexibility index (Phi) is 11.2. The van der Waals surface area contributed by atoms with Gasteiger partial charge in [-0.1, -0.05) is 73.3 Å². The molecule has 3 fully saturated rings. The minimum Gasteiger partial charge on any atom is -0.346 e. The molecule has 3 rings (SSSR count). The van der Waals surface area contributed by atoms with E-state index in [0.29, 0.717) is 25.8 Å². The fourth-order valence-electron chi connectivity index (χ4n) is 7.30. The average molecular weight is 652 g/mol. The average Bonchev–Trinajstić information content (AvgIpc) is 3.25. The molecule has 1 heterocycles. The number of ketones is 1. The van der Waals surface area contributed by atoms with E-state index in [4.69, 9.17) is 0 Å². The molecule has 2 aliphatic carbocycles. The summed E-state index contributed by atoms with van der Waals surface area (Å²) in [5, 5.41) is 11.0. The minimum absolute atomic E-state index is 0.0585. The standard InChI is InChI=1S/C32H53N5O7S/c1-9-14-21(24(38)27(40)33-17-10-2)34-26(39)23-22-20(31(22,6)7)18-37(23)28(41)25(30(3,4)5)35-29(42)36-32(19-45(8,43)44)15-12-11-13-16-32/h10,20-23,25H,2,9,11-19H2,1,3-8H3,(H,33,40)(H,34,39)(H2,35,36,42)/t20?,21?,22?,23-,25+/m0/s1. The third-order valence-electron chi connectivity index (χ3n) is 9.72. The Bertz CT molecular complexity index is 1280. The first-order valence-electron chi connectivity index (χ1n) is 16.1. The number of carbonyl (C=O) groups is 5. The van der Waals surface area contributed by atoms with Gasteiger partial charge < -0.3 is 26.2 Å². The van der Waals surface area contributed by atoms with Gasteiger partial charge >= 0.3 is 6.03 Å². The minimum atomic E-state index is -3.39. The number of amides is 5. The Morgan fingerprint density at radius 3 is 2.20 bits per heavy atom. The van der Waals surface area contributed by atoms with Gasteiger partial charge in [0, 0.05) is 19.3 Å². The number of Topliss-reactive ketones (excluding diaryl/α,β-unsaturated/α-hetero) is 1. The van der Waals surface area contributed by atoms with E-state index in [2.05, 4.69) is 27.8 Å². The molecule has 4 N–H and O–H groups in total. The molecule has 13 heteroatoms. The monoisotopic (exact) mass is 651 g/mol. The van der Waals surface area contributed by atoms with Gasteiger partial charge in [-0.3, -0.25) is 19.2 Å². The van der Waals surface area contributed by atoms with Gasteiger partial charge in [-0.25, -0.2) is 13.2 Å². The molecular weight excluding hydrogens is 598 g/mol. The molecule has 5 amide bonds. The van der Waals surface area contributed by atoms with Crippen LogP contribution in [-0.4, -0.2) is 91.6 Å². The van der Waals surface area contributed by atoms with Crippen molar-refractivity contribution in [2.45, 2.75) is 110 Å². The molecule has 1 saturated heterocycles. The fraction of sp³-hybridized carbons (Fsp3) is 0.781. The molecule has 12 nitrogen and oxygen atoms in total. The van der Waals surface area contributed by atoms with Crippen molar-refractivity contribution < 1.29 is 32.4 Å². The predicted octanol–water partition coefficient (Wildman–Crippen LogP) is 2.09. The van der Waals surface area contributed by atoms with E-state index in [9.17, 15) is 32.4 Å². The zero-order valence-corrected chi connectivity index (χ0v) is 28.8. The van der Waals surface area contributed by atoms with Crippen LogP contribution in [0.1, 0.15) is 86.5 Å². The van der Waals surface area contributed by atoms with Crippen LogP contribution in [0, 0.1) is 22.7 Å². The number of urea groups is 1. The number of hydrogen-bond acceptors (Lipinski definition) is 7. The van der Waals surface area contributed by atoms with Crippen LogP contribution in [-0.2, 0) is 29.0 Å². The van der Waals surface area contributed by atoms with Crippen LogP contribution in [0.5, 0.6) is 0 Å². The molecule has 0 aromatic carbocycles. The third kappa shape index (κ3) is 8.65. The number of sulfone groups is 1. The van der Waals surface area contributed by atoms with Crippen LogP contribution in [0.25, 0.3) is 0 Å². The molecule has 1 aliphatic heterocycles.